The van der Waals surface area contributed by atoms with E-state index in [2.05, 4.69) is 24.3 Å². The minimum absolute atomic E-state index is 0.00542. The van der Waals surface area contributed by atoms with Gasteiger partial charge in [0.05, 0.1) is 12.2 Å². The van der Waals surface area contributed by atoms with E-state index >= 15 is 0 Å². The second-order valence-corrected chi connectivity index (χ2v) is 7.32. The van der Waals surface area contributed by atoms with Crippen molar-refractivity contribution in [1.82, 2.24) is 15.1 Å². The second-order valence-electron chi connectivity index (χ2n) is 7.32. The van der Waals surface area contributed by atoms with Crippen molar-refractivity contribution in [2.24, 2.45) is 0 Å². The van der Waals surface area contributed by atoms with Crippen LogP contribution in [0.15, 0.2) is 59.4 Å². The van der Waals surface area contributed by atoms with Crippen LogP contribution in [-0.4, -0.2) is 15.7 Å². The summed E-state index contributed by atoms with van der Waals surface area (Å²) in [7, 11) is 0. The first-order valence-corrected chi connectivity index (χ1v) is 9.72. The molecule has 3 aromatic rings. The first-order valence-electron chi connectivity index (χ1n) is 9.72. The number of rotatable bonds is 7. The average molecular weight is 411 g/mol. The molecule has 30 heavy (non-hydrogen) atoms. The van der Waals surface area contributed by atoms with Gasteiger partial charge in [0.15, 0.2) is 0 Å². The van der Waals surface area contributed by atoms with E-state index < -0.39 is 11.6 Å². The van der Waals surface area contributed by atoms with Crippen molar-refractivity contribution in [3.8, 4) is 11.3 Å². The number of aryl methyl sites for hydroxylation is 1. The average Bonchev–Trinajstić information content (AvgIpc) is 2.72. The van der Waals surface area contributed by atoms with Crippen LogP contribution < -0.4 is 10.9 Å². The van der Waals surface area contributed by atoms with Crippen LogP contribution in [0.25, 0.3) is 11.3 Å². The molecule has 5 nitrogen and oxygen atoms in total. The van der Waals surface area contributed by atoms with Crippen LogP contribution in [0.2, 0.25) is 0 Å². The van der Waals surface area contributed by atoms with Crippen molar-refractivity contribution in [3.63, 3.8) is 0 Å². The minimum atomic E-state index is -0.718. The maximum Gasteiger partial charge on any atom is 0.266 e. The third kappa shape index (κ3) is 5.37. The molecule has 0 unspecified atom stereocenters. The summed E-state index contributed by atoms with van der Waals surface area (Å²) < 4.78 is 27.8. The molecule has 0 radical (unpaired) electrons. The van der Waals surface area contributed by atoms with E-state index in [1.807, 2.05) is 24.3 Å². The SMILES string of the molecule is CC(C)c1ccc(-c2ccc(=O)n(CCC(=O)NCc3ccc(F)cc3F)n2)cc1. The van der Waals surface area contributed by atoms with Crippen LogP contribution in [0, 0.1) is 11.6 Å². The van der Waals surface area contributed by atoms with Crippen LogP contribution in [0.5, 0.6) is 0 Å². The van der Waals surface area contributed by atoms with Gasteiger partial charge in [0.2, 0.25) is 5.91 Å². The van der Waals surface area contributed by atoms with Crippen LogP contribution in [-0.2, 0) is 17.9 Å². The summed E-state index contributed by atoms with van der Waals surface area (Å²) in [6.45, 7) is 4.26. The highest BCUT2D eigenvalue weighted by Crippen LogP contribution is 2.20. The van der Waals surface area contributed by atoms with E-state index in [4.69, 9.17) is 0 Å². The summed E-state index contributed by atoms with van der Waals surface area (Å²) in [6.07, 6.45) is 0.00542. The highest BCUT2D eigenvalue weighted by atomic mass is 19.1. The van der Waals surface area contributed by atoms with Gasteiger partial charge in [0.1, 0.15) is 11.6 Å². The minimum Gasteiger partial charge on any atom is -0.352 e. The molecule has 0 bridgehead atoms. The van der Waals surface area contributed by atoms with Gasteiger partial charge >= 0.3 is 0 Å². The molecule has 0 atom stereocenters. The molecule has 0 aliphatic heterocycles. The molecular weight excluding hydrogens is 388 g/mol. The Kier molecular flexibility index (Phi) is 6.72. The van der Waals surface area contributed by atoms with Crippen LogP contribution in [0.4, 0.5) is 8.78 Å². The van der Waals surface area contributed by atoms with E-state index in [0.29, 0.717) is 11.6 Å². The number of amides is 1. The van der Waals surface area contributed by atoms with E-state index in [9.17, 15) is 18.4 Å². The van der Waals surface area contributed by atoms with Crippen LogP contribution in [0.3, 0.4) is 0 Å². The Morgan fingerprint density at radius 3 is 2.47 bits per heavy atom. The molecule has 2 aromatic carbocycles. The van der Waals surface area contributed by atoms with E-state index in [1.54, 1.807) is 6.07 Å². The van der Waals surface area contributed by atoms with Gasteiger partial charge in [-0.15, -0.1) is 0 Å². The molecule has 1 amide bonds. The summed E-state index contributed by atoms with van der Waals surface area (Å²) >= 11 is 0. The highest BCUT2D eigenvalue weighted by molar-refractivity contribution is 5.75. The number of hydrogen-bond acceptors (Lipinski definition) is 3. The second kappa shape index (κ2) is 9.43. The Morgan fingerprint density at radius 1 is 1.07 bits per heavy atom. The number of carbonyl (C=O) groups excluding carboxylic acids is 1. The van der Waals surface area contributed by atoms with Crippen molar-refractivity contribution in [3.05, 3.63) is 87.7 Å². The lowest BCUT2D eigenvalue weighted by Crippen LogP contribution is -2.28. The Bertz CT molecular complexity index is 1090. The first-order chi connectivity index (χ1) is 14.3. The summed E-state index contributed by atoms with van der Waals surface area (Å²) in [5.41, 5.74) is 2.60. The summed E-state index contributed by atoms with van der Waals surface area (Å²) in [5, 5.41) is 6.92. The number of halogens is 2. The zero-order valence-corrected chi connectivity index (χ0v) is 16.9. The predicted octanol–water partition coefficient (Wildman–Crippen LogP) is 4.02. The van der Waals surface area contributed by atoms with Gasteiger partial charge in [0.25, 0.3) is 5.56 Å². The molecule has 0 fully saturated rings. The number of hydrogen-bond donors (Lipinski definition) is 1. The summed E-state index contributed by atoms with van der Waals surface area (Å²) in [6, 6.07) is 14.2. The molecule has 0 aliphatic carbocycles. The van der Waals surface area contributed by atoms with Gasteiger partial charge in [-0.1, -0.05) is 44.2 Å². The maximum absolute atomic E-state index is 13.6. The van der Waals surface area contributed by atoms with Gasteiger partial charge in [-0.05, 0) is 23.6 Å². The Labute approximate surface area is 173 Å². The standard InChI is InChI=1S/C23H23F2N3O2/c1-15(2)16-3-5-17(6-4-16)21-9-10-23(30)28(27-21)12-11-22(29)26-14-18-7-8-19(24)13-20(18)25/h3-10,13,15H,11-12,14H2,1-2H3,(H,26,29). The number of aromatic nitrogens is 2. The summed E-state index contributed by atoms with van der Waals surface area (Å²) in [5.74, 6) is -1.34. The lowest BCUT2D eigenvalue weighted by Gasteiger charge is -2.10. The molecule has 1 heterocycles. The third-order valence-electron chi connectivity index (χ3n) is 4.78. The molecule has 0 aliphatic rings. The normalized spacial score (nSPS) is 11.0. The van der Waals surface area contributed by atoms with Crippen LogP contribution >= 0.6 is 0 Å². The van der Waals surface area contributed by atoms with Crippen molar-refractivity contribution in [2.75, 3.05) is 0 Å². The molecule has 0 saturated heterocycles. The van der Waals surface area contributed by atoms with E-state index in [0.717, 1.165) is 17.7 Å². The van der Waals surface area contributed by atoms with E-state index in [-0.39, 0.29) is 36.5 Å². The molecule has 7 heteroatoms. The van der Waals surface area contributed by atoms with Gasteiger partial charge in [0, 0.05) is 36.2 Å². The van der Waals surface area contributed by atoms with Gasteiger partial charge in [-0.25, -0.2) is 13.5 Å². The van der Waals surface area contributed by atoms with E-state index in [1.165, 1.54) is 22.4 Å². The quantitative estimate of drug-likeness (QED) is 0.639. The lowest BCUT2D eigenvalue weighted by molar-refractivity contribution is -0.121. The Balaban J connectivity index is 1.62. The fraction of sp³-hybridized carbons (Fsp3) is 0.261. The number of carbonyl (C=O) groups is 1. The maximum atomic E-state index is 13.6. The van der Waals surface area contributed by atoms with Crippen molar-refractivity contribution < 1.29 is 13.6 Å². The monoisotopic (exact) mass is 411 g/mol. The van der Waals surface area contributed by atoms with Crippen molar-refractivity contribution in [1.29, 1.82) is 0 Å². The number of benzene rings is 2. The number of nitrogens with one attached hydrogen (secondary N) is 1. The molecule has 3 rings (SSSR count). The Hall–Kier alpha value is -3.35. The fourth-order valence-corrected chi connectivity index (χ4v) is 2.96. The molecule has 0 spiro atoms. The third-order valence-corrected chi connectivity index (χ3v) is 4.78. The van der Waals surface area contributed by atoms with Crippen LogP contribution in [0.1, 0.15) is 37.3 Å². The first kappa shape index (κ1) is 21.4. The van der Waals surface area contributed by atoms with Crippen molar-refractivity contribution in [2.45, 2.75) is 39.3 Å². The van der Waals surface area contributed by atoms with Gasteiger partial charge < -0.3 is 5.32 Å². The zero-order chi connectivity index (χ0) is 21.7. The topological polar surface area (TPSA) is 64.0 Å². The lowest BCUT2D eigenvalue weighted by atomic mass is 10.0. The number of nitrogens with zero attached hydrogens (tertiary/aromatic N) is 2. The smallest absolute Gasteiger partial charge is 0.266 e. The van der Waals surface area contributed by atoms with Gasteiger partial charge in [-0.3, -0.25) is 9.59 Å². The molecule has 1 aromatic heterocycles. The fourth-order valence-electron chi connectivity index (χ4n) is 2.96. The van der Waals surface area contributed by atoms with Gasteiger partial charge in [-0.2, -0.15) is 5.10 Å². The molecule has 156 valence electrons. The molecule has 0 saturated carbocycles. The zero-order valence-electron chi connectivity index (χ0n) is 16.9. The predicted molar refractivity (Wildman–Crippen MR) is 111 cm³/mol. The largest absolute Gasteiger partial charge is 0.352 e. The molecule has 1 N–H and O–H groups in total. The highest BCUT2D eigenvalue weighted by Gasteiger charge is 2.09. The van der Waals surface area contributed by atoms with Crippen molar-refractivity contribution >= 4 is 5.91 Å². The molecular formula is C23H23F2N3O2. The Morgan fingerprint density at radius 2 is 1.80 bits per heavy atom. The summed E-state index contributed by atoms with van der Waals surface area (Å²) in [4.78, 5) is 24.2.